The Bertz CT molecular complexity index is 506. The molecule has 0 heterocycles. The maximum atomic E-state index is 10.9. The molecule has 2 N–H and O–H groups in total. The van der Waals surface area contributed by atoms with Crippen molar-refractivity contribution in [3.63, 3.8) is 0 Å². The van der Waals surface area contributed by atoms with E-state index in [1.165, 1.54) is 18.2 Å². The molecule has 0 fully saturated rings. The van der Waals surface area contributed by atoms with E-state index in [-0.39, 0.29) is 17.9 Å². The minimum Gasteiger partial charge on any atom is -0.388 e. The van der Waals surface area contributed by atoms with E-state index in [0.717, 1.165) is 6.42 Å². The summed E-state index contributed by atoms with van der Waals surface area (Å²) < 4.78 is 0. The van der Waals surface area contributed by atoms with Crippen molar-refractivity contribution in [2.75, 3.05) is 11.9 Å². The van der Waals surface area contributed by atoms with Gasteiger partial charge in [0.2, 0.25) is 0 Å². The summed E-state index contributed by atoms with van der Waals surface area (Å²) in [5, 5.41) is 32.6. The van der Waals surface area contributed by atoms with Gasteiger partial charge in [-0.2, -0.15) is 5.26 Å². The fourth-order valence-corrected chi connectivity index (χ4v) is 1.82. The second-order valence-corrected chi connectivity index (χ2v) is 4.70. The van der Waals surface area contributed by atoms with Crippen LogP contribution in [0.4, 0.5) is 11.4 Å². The largest absolute Gasteiger partial charge is 0.388 e. The number of nitrogens with one attached hydrogen (secondary N) is 1. The van der Waals surface area contributed by atoms with Gasteiger partial charge in [0.15, 0.2) is 0 Å². The lowest BCUT2D eigenvalue weighted by Gasteiger charge is -2.23. The van der Waals surface area contributed by atoms with E-state index in [2.05, 4.69) is 5.32 Å². The fraction of sp³-hybridized carbons (Fsp3) is 0.462. The Kier molecular flexibility index (Phi) is 4.84. The summed E-state index contributed by atoms with van der Waals surface area (Å²) in [6.45, 7) is 3.81. The second kappa shape index (κ2) is 6.16. The Balaban J connectivity index is 2.93. The van der Waals surface area contributed by atoms with Crippen LogP contribution >= 0.6 is 0 Å². The van der Waals surface area contributed by atoms with Crippen molar-refractivity contribution in [2.45, 2.75) is 32.3 Å². The van der Waals surface area contributed by atoms with Gasteiger partial charge in [-0.05, 0) is 25.5 Å². The van der Waals surface area contributed by atoms with E-state index in [9.17, 15) is 15.2 Å². The number of nitro benzene ring substituents is 1. The first kappa shape index (κ1) is 14.9. The fourth-order valence-electron chi connectivity index (χ4n) is 1.82. The molecule has 19 heavy (non-hydrogen) atoms. The number of nitriles is 1. The second-order valence-electron chi connectivity index (χ2n) is 4.70. The number of rotatable bonds is 6. The molecule has 0 saturated heterocycles. The summed E-state index contributed by atoms with van der Waals surface area (Å²) in [5.41, 5.74) is -0.458. The lowest BCUT2D eigenvalue weighted by atomic mass is 10.0. The van der Waals surface area contributed by atoms with Gasteiger partial charge in [0, 0.05) is 12.6 Å². The van der Waals surface area contributed by atoms with E-state index in [1.807, 2.05) is 13.0 Å². The van der Waals surface area contributed by atoms with Crippen LogP contribution in [0.3, 0.4) is 0 Å². The van der Waals surface area contributed by atoms with Crippen LogP contribution in [0.25, 0.3) is 0 Å². The van der Waals surface area contributed by atoms with Crippen molar-refractivity contribution in [1.29, 1.82) is 5.26 Å². The Morgan fingerprint density at radius 3 is 2.79 bits per heavy atom. The van der Waals surface area contributed by atoms with E-state index in [4.69, 9.17) is 5.26 Å². The van der Waals surface area contributed by atoms with Gasteiger partial charge in [0.25, 0.3) is 5.69 Å². The first-order chi connectivity index (χ1) is 8.89. The Morgan fingerprint density at radius 2 is 2.26 bits per heavy atom. The molecule has 0 saturated carbocycles. The molecule has 0 aliphatic heterocycles. The molecular formula is C13H17N3O3. The van der Waals surface area contributed by atoms with Crippen molar-refractivity contribution in [3.8, 4) is 6.07 Å². The average molecular weight is 263 g/mol. The van der Waals surface area contributed by atoms with Crippen LogP contribution < -0.4 is 5.32 Å². The summed E-state index contributed by atoms with van der Waals surface area (Å²) in [6, 6.07) is 6.03. The molecule has 0 aliphatic rings. The van der Waals surface area contributed by atoms with Crippen LogP contribution in [-0.4, -0.2) is 22.2 Å². The monoisotopic (exact) mass is 263 g/mol. The van der Waals surface area contributed by atoms with Gasteiger partial charge in [-0.25, -0.2) is 0 Å². The molecule has 0 bridgehead atoms. The SMILES string of the molecule is CCCC(C)(O)CNc1cc(C#N)ccc1[N+](=O)[O-]. The number of nitrogens with zero attached hydrogens (tertiary/aromatic N) is 2. The van der Waals surface area contributed by atoms with Crippen molar-refractivity contribution in [3.05, 3.63) is 33.9 Å². The number of hydrogen-bond acceptors (Lipinski definition) is 5. The Labute approximate surface area is 111 Å². The summed E-state index contributed by atoms with van der Waals surface area (Å²) in [4.78, 5) is 10.4. The van der Waals surface area contributed by atoms with Crippen LogP contribution in [-0.2, 0) is 0 Å². The van der Waals surface area contributed by atoms with Crippen LogP contribution in [0.1, 0.15) is 32.3 Å². The van der Waals surface area contributed by atoms with E-state index in [1.54, 1.807) is 6.92 Å². The topological polar surface area (TPSA) is 99.2 Å². The van der Waals surface area contributed by atoms with Gasteiger partial charge in [0.1, 0.15) is 5.69 Å². The number of benzene rings is 1. The molecule has 0 radical (unpaired) electrons. The molecule has 6 nitrogen and oxygen atoms in total. The van der Waals surface area contributed by atoms with Crippen molar-refractivity contribution >= 4 is 11.4 Å². The molecule has 102 valence electrons. The molecule has 0 amide bonds. The Hall–Kier alpha value is -2.13. The molecule has 1 atom stereocenters. The zero-order chi connectivity index (χ0) is 14.5. The predicted octanol–water partition coefficient (Wildman–Crippen LogP) is 2.43. The zero-order valence-corrected chi connectivity index (χ0v) is 11.0. The third kappa shape index (κ3) is 4.23. The quantitative estimate of drug-likeness (QED) is 0.606. The van der Waals surface area contributed by atoms with Crippen LogP contribution in [0, 0.1) is 21.4 Å². The van der Waals surface area contributed by atoms with Crippen molar-refractivity contribution in [1.82, 2.24) is 0 Å². The molecule has 6 heteroatoms. The van der Waals surface area contributed by atoms with Gasteiger partial charge < -0.3 is 10.4 Å². The van der Waals surface area contributed by atoms with Crippen LogP contribution in [0.2, 0.25) is 0 Å². The highest BCUT2D eigenvalue weighted by atomic mass is 16.6. The summed E-state index contributed by atoms with van der Waals surface area (Å²) in [5.74, 6) is 0. The van der Waals surface area contributed by atoms with Gasteiger partial charge in [0.05, 0.1) is 22.2 Å². The van der Waals surface area contributed by atoms with Gasteiger partial charge in [-0.15, -0.1) is 0 Å². The molecule has 1 rings (SSSR count). The van der Waals surface area contributed by atoms with E-state index >= 15 is 0 Å². The van der Waals surface area contributed by atoms with Gasteiger partial charge in [-0.1, -0.05) is 13.3 Å². The molecule has 0 aliphatic carbocycles. The highest BCUT2D eigenvalue weighted by molar-refractivity contribution is 5.64. The first-order valence-electron chi connectivity index (χ1n) is 6.04. The number of nitro groups is 1. The lowest BCUT2D eigenvalue weighted by molar-refractivity contribution is -0.384. The standard InChI is InChI=1S/C13H17N3O3/c1-3-6-13(2,17)9-15-11-7-10(8-14)4-5-12(11)16(18)19/h4-5,7,15,17H,3,6,9H2,1-2H3. The normalized spacial score (nSPS) is 13.4. The van der Waals surface area contributed by atoms with E-state index < -0.39 is 10.5 Å². The molecular weight excluding hydrogens is 246 g/mol. The molecule has 0 aromatic heterocycles. The number of anilines is 1. The highest BCUT2D eigenvalue weighted by Crippen LogP contribution is 2.26. The minimum absolute atomic E-state index is 0.105. The predicted molar refractivity (Wildman–Crippen MR) is 71.8 cm³/mol. The van der Waals surface area contributed by atoms with Crippen molar-refractivity contribution < 1.29 is 10.0 Å². The summed E-state index contributed by atoms with van der Waals surface area (Å²) in [7, 11) is 0. The molecule has 0 spiro atoms. The third-order valence-corrected chi connectivity index (χ3v) is 2.77. The zero-order valence-electron chi connectivity index (χ0n) is 11.0. The maximum absolute atomic E-state index is 10.9. The van der Waals surface area contributed by atoms with Crippen molar-refractivity contribution in [2.24, 2.45) is 0 Å². The van der Waals surface area contributed by atoms with Gasteiger partial charge in [-0.3, -0.25) is 10.1 Å². The number of hydrogen-bond donors (Lipinski definition) is 2. The van der Waals surface area contributed by atoms with E-state index in [0.29, 0.717) is 12.0 Å². The van der Waals surface area contributed by atoms with Crippen LogP contribution in [0.5, 0.6) is 0 Å². The lowest BCUT2D eigenvalue weighted by Crippen LogP contribution is -2.33. The van der Waals surface area contributed by atoms with Crippen LogP contribution in [0.15, 0.2) is 18.2 Å². The average Bonchev–Trinajstić information content (AvgIpc) is 2.35. The molecule has 1 aromatic carbocycles. The van der Waals surface area contributed by atoms with Gasteiger partial charge >= 0.3 is 0 Å². The maximum Gasteiger partial charge on any atom is 0.292 e. The first-order valence-corrected chi connectivity index (χ1v) is 6.04. The number of aliphatic hydroxyl groups is 1. The molecule has 1 aromatic rings. The summed E-state index contributed by atoms with van der Waals surface area (Å²) >= 11 is 0. The third-order valence-electron chi connectivity index (χ3n) is 2.77. The Morgan fingerprint density at radius 1 is 1.58 bits per heavy atom. The summed E-state index contributed by atoms with van der Waals surface area (Å²) in [6.07, 6.45) is 1.40. The smallest absolute Gasteiger partial charge is 0.292 e. The minimum atomic E-state index is -0.939. The molecule has 1 unspecified atom stereocenters. The highest BCUT2D eigenvalue weighted by Gasteiger charge is 2.21.